The average Bonchev–Trinajstić information content (AvgIpc) is 2.60. The van der Waals surface area contributed by atoms with Gasteiger partial charge in [0.05, 0.1) is 0 Å². The molecule has 1 heterocycles. The molecule has 1 aliphatic heterocycles. The normalized spacial score (nSPS) is 24.3. The number of hydrogen-bond acceptors (Lipinski definition) is 3. The van der Waals surface area contributed by atoms with E-state index >= 15 is 0 Å². The first kappa shape index (κ1) is 17.8. The van der Waals surface area contributed by atoms with Gasteiger partial charge in [-0.1, -0.05) is 37.5 Å². The van der Waals surface area contributed by atoms with Gasteiger partial charge in [0.15, 0.2) is 0 Å². The van der Waals surface area contributed by atoms with Crippen molar-refractivity contribution in [3.63, 3.8) is 0 Å². The largest absolute Gasteiger partial charge is 0.396 e. The summed E-state index contributed by atoms with van der Waals surface area (Å²) in [5.74, 6) is 0.733. The Bertz CT molecular complexity index is 504. The smallest absolute Gasteiger partial charge is 0.127 e. The van der Waals surface area contributed by atoms with E-state index in [0.717, 1.165) is 37.5 Å². The van der Waals surface area contributed by atoms with Crippen LogP contribution in [-0.4, -0.2) is 53.7 Å². The van der Waals surface area contributed by atoms with Gasteiger partial charge < -0.3 is 10.0 Å². The van der Waals surface area contributed by atoms with Crippen LogP contribution >= 0.6 is 0 Å². The molecule has 1 saturated carbocycles. The number of nitrogens with zero attached hydrogens (tertiary/aromatic N) is 2. The molecule has 4 heteroatoms. The highest BCUT2D eigenvalue weighted by Crippen LogP contribution is 2.26. The first-order valence-corrected chi connectivity index (χ1v) is 9.57. The van der Waals surface area contributed by atoms with E-state index in [0.29, 0.717) is 12.6 Å². The van der Waals surface area contributed by atoms with Gasteiger partial charge in [-0.25, -0.2) is 4.39 Å². The number of halogens is 1. The van der Waals surface area contributed by atoms with Gasteiger partial charge in [0.25, 0.3) is 0 Å². The molecule has 1 unspecified atom stereocenters. The van der Waals surface area contributed by atoms with Gasteiger partial charge in [-0.05, 0) is 31.2 Å². The standard InChI is InChI=1S/C20H31FN2O/c21-20-9-5-4-8-18(20)15-23-12-11-22(16-19(23)10-13-24)14-17-6-2-1-3-7-17/h4-5,8-9,17,19,24H,1-3,6-7,10-16H2. The Labute approximate surface area is 145 Å². The van der Waals surface area contributed by atoms with Crippen molar-refractivity contribution < 1.29 is 9.50 Å². The SMILES string of the molecule is OCCC1CN(CC2CCCCC2)CCN1Cc1ccccc1F. The average molecular weight is 334 g/mol. The van der Waals surface area contributed by atoms with Gasteiger partial charge in [0.2, 0.25) is 0 Å². The van der Waals surface area contributed by atoms with E-state index in [2.05, 4.69) is 9.80 Å². The van der Waals surface area contributed by atoms with Crippen molar-refractivity contribution in [2.45, 2.75) is 51.1 Å². The van der Waals surface area contributed by atoms with E-state index in [1.54, 1.807) is 6.07 Å². The highest BCUT2D eigenvalue weighted by molar-refractivity contribution is 5.17. The Morgan fingerprint density at radius 3 is 2.62 bits per heavy atom. The van der Waals surface area contributed by atoms with Crippen molar-refractivity contribution in [3.05, 3.63) is 35.6 Å². The van der Waals surface area contributed by atoms with Crippen molar-refractivity contribution in [1.29, 1.82) is 0 Å². The molecular formula is C20H31FN2O. The molecule has 1 atom stereocenters. The van der Waals surface area contributed by atoms with Gasteiger partial charge in [-0.3, -0.25) is 4.90 Å². The molecular weight excluding hydrogens is 303 g/mol. The quantitative estimate of drug-likeness (QED) is 0.865. The monoisotopic (exact) mass is 334 g/mol. The predicted octanol–water partition coefficient (Wildman–Crippen LogP) is 3.27. The lowest BCUT2D eigenvalue weighted by atomic mass is 9.88. The zero-order valence-electron chi connectivity index (χ0n) is 14.7. The Kier molecular flexibility index (Phi) is 6.64. The third kappa shape index (κ3) is 4.78. The Morgan fingerprint density at radius 2 is 1.88 bits per heavy atom. The molecule has 0 amide bonds. The fraction of sp³-hybridized carbons (Fsp3) is 0.700. The van der Waals surface area contributed by atoms with E-state index in [9.17, 15) is 9.50 Å². The summed E-state index contributed by atoms with van der Waals surface area (Å²) in [5, 5.41) is 9.45. The second-order valence-corrected chi connectivity index (χ2v) is 7.49. The van der Waals surface area contributed by atoms with Crippen LogP contribution in [-0.2, 0) is 6.54 Å². The molecule has 0 spiro atoms. The minimum absolute atomic E-state index is 0.120. The first-order valence-electron chi connectivity index (χ1n) is 9.57. The minimum Gasteiger partial charge on any atom is -0.396 e. The number of rotatable bonds is 6. The fourth-order valence-electron chi connectivity index (χ4n) is 4.33. The maximum atomic E-state index is 14.0. The van der Waals surface area contributed by atoms with Crippen molar-refractivity contribution in [2.75, 3.05) is 32.8 Å². The second-order valence-electron chi connectivity index (χ2n) is 7.49. The summed E-state index contributed by atoms with van der Waals surface area (Å²) in [6.07, 6.45) is 7.70. The molecule has 3 nitrogen and oxygen atoms in total. The molecule has 1 aromatic carbocycles. The topological polar surface area (TPSA) is 26.7 Å². The van der Waals surface area contributed by atoms with Crippen molar-refractivity contribution >= 4 is 0 Å². The maximum absolute atomic E-state index is 14.0. The molecule has 24 heavy (non-hydrogen) atoms. The second kappa shape index (κ2) is 8.93. The summed E-state index contributed by atoms with van der Waals surface area (Å²) in [6.45, 7) is 5.09. The van der Waals surface area contributed by atoms with Crippen LogP contribution in [0.5, 0.6) is 0 Å². The van der Waals surface area contributed by atoms with Crippen molar-refractivity contribution in [1.82, 2.24) is 9.80 Å². The third-order valence-corrected chi connectivity index (χ3v) is 5.72. The summed E-state index contributed by atoms with van der Waals surface area (Å²) in [4.78, 5) is 4.93. The van der Waals surface area contributed by atoms with Gasteiger partial charge in [0, 0.05) is 50.9 Å². The van der Waals surface area contributed by atoms with Crippen LogP contribution in [0.1, 0.15) is 44.1 Å². The minimum atomic E-state index is -0.120. The molecule has 1 N–H and O–H groups in total. The molecule has 3 rings (SSSR count). The maximum Gasteiger partial charge on any atom is 0.127 e. The van der Waals surface area contributed by atoms with Crippen molar-refractivity contribution in [3.8, 4) is 0 Å². The van der Waals surface area contributed by atoms with E-state index < -0.39 is 0 Å². The van der Waals surface area contributed by atoms with Crippen LogP contribution in [0.3, 0.4) is 0 Å². The van der Waals surface area contributed by atoms with Gasteiger partial charge in [-0.15, -0.1) is 0 Å². The first-order chi connectivity index (χ1) is 11.8. The van der Waals surface area contributed by atoms with Crippen molar-refractivity contribution in [2.24, 2.45) is 5.92 Å². The van der Waals surface area contributed by atoms with Gasteiger partial charge in [-0.2, -0.15) is 0 Å². The summed E-state index contributed by atoms with van der Waals surface area (Å²) in [5.41, 5.74) is 0.765. The van der Waals surface area contributed by atoms with Crippen LogP contribution in [0, 0.1) is 11.7 Å². The molecule has 134 valence electrons. The number of piperazine rings is 1. The van der Waals surface area contributed by atoms with Crippen LogP contribution in [0.2, 0.25) is 0 Å². The molecule has 2 aliphatic rings. The predicted molar refractivity (Wildman–Crippen MR) is 95.3 cm³/mol. The number of aliphatic hydroxyl groups excluding tert-OH is 1. The number of benzene rings is 1. The molecule has 2 fully saturated rings. The zero-order valence-corrected chi connectivity index (χ0v) is 14.7. The number of aliphatic hydroxyl groups is 1. The Hall–Kier alpha value is -0.970. The van der Waals surface area contributed by atoms with E-state index in [4.69, 9.17) is 0 Å². The molecule has 0 aromatic heterocycles. The summed E-state index contributed by atoms with van der Waals surface area (Å²) < 4.78 is 14.0. The summed E-state index contributed by atoms with van der Waals surface area (Å²) >= 11 is 0. The zero-order chi connectivity index (χ0) is 16.8. The van der Waals surface area contributed by atoms with Crippen LogP contribution in [0.4, 0.5) is 4.39 Å². The molecule has 1 saturated heterocycles. The molecule has 0 radical (unpaired) electrons. The third-order valence-electron chi connectivity index (χ3n) is 5.72. The molecule has 1 aliphatic carbocycles. The number of hydrogen-bond donors (Lipinski definition) is 1. The molecule has 1 aromatic rings. The van der Waals surface area contributed by atoms with Gasteiger partial charge >= 0.3 is 0 Å². The Balaban J connectivity index is 1.57. The van der Waals surface area contributed by atoms with Crippen LogP contribution < -0.4 is 0 Å². The summed E-state index contributed by atoms with van der Waals surface area (Å²) in [6, 6.07) is 7.38. The lowest BCUT2D eigenvalue weighted by Gasteiger charge is -2.43. The van der Waals surface area contributed by atoms with Crippen LogP contribution in [0.15, 0.2) is 24.3 Å². The lowest BCUT2D eigenvalue weighted by Crippen LogP contribution is -2.54. The van der Waals surface area contributed by atoms with Gasteiger partial charge in [0.1, 0.15) is 5.82 Å². The van der Waals surface area contributed by atoms with E-state index in [1.165, 1.54) is 44.7 Å². The highest BCUT2D eigenvalue weighted by atomic mass is 19.1. The van der Waals surface area contributed by atoms with E-state index in [1.807, 2.05) is 12.1 Å². The van der Waals surface area contributed by atoms with Crippen LogP contribution in [0.25, 0.3) is 0 Å². The summed E-state index contributed by atoms with van der Waals surface area (Å²) in [7, 11) is 0. The lowest BCUT2D eigenvalue weighted by molar-refractivity contribution is 0.0421. The highest BCUT2D eigenvalue weighted by Gasteiger charge is 2.28. The Morgan fingerprint density at radius 1 is 1.08 bits per heavy atom. The fourth-order valence-corrected chi connectivity index (χ4v) is 4.33. The molecule has 0 bridgehead atoms. The van der Waals surface area contributed by atoms with E-state index in [-0.39, 0.29) is 12.4 Å².